The second-order valence-electron chi connectivity index (χ2n) is 0. The molecule has 0 aromatic heterocycles. The molecule has 8 heteroatoms. The summed E-state index contributed by atoms with van der Waals surface area (Å²) in [5.41, 5.74) is 0. The van der Waals surface area contributed by atoms with Crippen LogP contribution in [-0.4, -0.2) is 92.7 Å². The molecule has 8 heavy (non-hydrogen) atoms. The maximum Gasteiger partial charge on any atom is 5.00 e. The molecular formula is Na3SbSe4. The third-order valence-electron chi connectivity index (χ3n) is 0. The summed E-state index contributed by atoms with van der Waals surface area (Å²) in [5.74, 6) is 0. The Bertz CT molecular complexity index is 11.2. The summed E-state index contributed by atoms with van der Waals surface area (Å²) in [6.45, 7) is 0. The molecule has 0 aliphatic rings. The van der Waals surface area contributed by atoms with Crippen molar-refractivity contribution in [1.82, 2.24) is 0 Å². The molecule has 0 aliphatic heterocycles. The van der Waals surface area contributed by atoms with E-state index >= 15 is 0 Å². The van der Waals surface area contributed by atoms with Crippen molar-refractivity contribution in [2.24, 2.45) is 0 Å². The minimum atomic E-state index is 0. The van der Waals surface area contributed by atoms with E-state index in [4.69, 9.17) is 0 Å². The van der Waals surface area contributed by atoms with Crippen molar-refractivity contribution in [3.8, 4) is 0 Å². The van der Waals surface area contributed by atoms with Crippen molar-refractivity contribution in [2.45, 2.75) is 0 Å². The van der Waals surface area contributed by atoms with Crippen LogP contribution in [0.25, 0.3) is 0 Å². The van der Waals surface area contributed by atoms with E-state index in [1.54, 1.807) is 0 Å². The molecule has 0 saturated heterocycles. The minimum absolute atomic E-state index is 0. The van der Waals surface area contributed by atoms with Gasteiger partial charge in [0, 0.05) is 0 Å². The summed E-state index contributed by atoms with van der Waals surface area (Å²) < 4.78 is 0. The molecule has 0 heterocycles. The van der Waals surface area contributed by atoms with Gasteiger partial charge in [0.1, 0.15) is 0 Å². The fraction of sp³-hybridized carbons (Fsp3) is 0. The molecular weight excluding hydrogens is 507 g/mol. The zero-order valence-corrected chi connectivity index (χ0v) is 20.5. The Hall–Kier alpha value is 5.90. The third-order valence-corrected chi connectivity index (χ3v) is 0. The Morgan fingerprint density at radius 1 is 0.375 bits per heavy atom. The van der Waals surface area contributed by atoms with Crippen molar-refractivity contribution in [3.05, 3.63) is 0 Å². The van der Waals surface area contributed by atoms with Gasteiger partial charge in [-0.3, -0.25) is 0 Å². The fourth-order valence-electron chi connectivity index (χ4n) is 0. The average Bonchev–Trinajstić information content (AvgIpc) is 0. The zero-order valence-electron chi connectivity index (χ0n) is 5.08. The van der Waals surface area contributed by atoms with Gasteiger partial charge < -0.3 is 68.3 Å². The van der Waals surface area contributed by atoms with Gasteiger partial charge in [0.15, 0.2) is 0 Å². The predicted molar refractivity (Wildman–Crippen MR) is 28.8 cm³/mol. The van der Waals surface area contributed by atoms with E-state index in [2.05, 4.69) is 0 Å². The molecule has 0 nitrogen and oxygen atoms in total. The van der Waals surface area contributed by atoms with Crippen LogP contribution in [0.3, 0.4) is 0 Å². The molecule has 0 fully saturated rings. The summed E-state index contributed by atoms with van der Waals surface area (Å²) >= 11 is 0. The van der Waals surface area contributed by atoms with Crippen LogP contribution in [0.1, 0.15) is 0 Å². The second-order valence-corrected chi connectivity index (χ2v) is 0. The van der Waals surface area contributed by atoms with Gasteiger partial charge in [-0.1, -0.05) is 0 Å². The fourth-order valence-corrected chi connectivity index (χ4v) is 0. The Labute approximate surface area is 177 Å². The normalized spacial score (nSPS) is 0. The number of hydrogen-bond donors (Lipinski definition) is 0. The molecule has 0 saturated carbocycles. The monoisotopic (exact) mass is 510 g/mol. The molecule has 0 atom stereocenters. The molecule has 0 radical (unpaired) electrons. The van der Waals surface area contributed by atoms with Crippen LogP contribution in [0.4, 0.5) is 0 Å². The molecule has 0 unspecified atom stereocenters. The Morgan fingerprint density at radius 3 is 0.375 bits per heavy atom. The summed E-state index contributed by atoms with van der Waals surface area (Å²) in [6, 6.07) is 0. The van der Waals surface area contributed by atoms with Gasteiger partial charge >= 0.3 is 113 Å². The van der Waals surface area contributed by atoms with Crippen LogP contribution < -0.4 is 88.7 Å². The molecule has 0 spiro atoms. The molecule has 0 aliphatic carbocycles. The van der Waals surface area contributed by atoms with E-state index in [9.17, 15) is 0 Å². The van der Waals surface area contributed by atoms with E-state index < -0.39 is 0 Å². The van der Waals surface area contributed by atoms with E-state index in [1.807, 2.05) is 0 Å². The summed E-state index contributed by atoms with van der Waals surface area (Å²) in [7, 11) is 0. The van der Waals surface area contributed by atoms with Crippen molar-refractivity contribution in [1.29, 1.82) is 0 Å². The SMILES string of the molecule is [Na+].[Na+].[Na+].[Sb+5].[Se-2].[Se-2].[Se-2].[Se-2]. The molecule has 0 aromatic rings. The quantitative estimate of drug-likeness (QED) is 0.287. The van der Waals surface area contributed by atoms with Crippen molar-refractivity contribution in [2.75, 3.05) is 0 Å². The molecule has 0 amide bonds. The van der Waals surface area contributed by atoms with Crippen LogP contribution in [0.2, 0.25) is 0 Å². The third kappa shape index (κ3) is 40.6. The summed E-state index contributed by atoms with van der Waals surface area (Å²) in [4.78, 5) is 0. The van der Waals surface area contributed by atoms with Crippen molar-refractivity contribution < 1.29 is 88.7 Å². The molecule has 0 aromatic carbocycles. The first-order valence-corrected chi connectivity index (χ1v) is 0. The minimum Gasteiger partial charge on any atom is -2.00 e. The zero-order chi connectivity index (χ0) is 0. The largest absolute Gasteiger partial charge is 5.00 e. The Kier molecular flexibility index (Phi) is 436. The molecule has 0 N–H and O–H groups in total. The second kappa shape index (κ2) is 52.5. The summed E-state index contributed by atoms with van der Waals surface area (Å²) in [6.07, 6.45) is 0. The van der Waals surface area contributed by atoms with E-state index in [-0.39, 0.29) is 181 Å². The van der Waals surface area contributed by atoms with Crippen LogP contribution in [-0.2, 0) is 0 Å². The van der Waals surface area contributed by atoms with Gasteiger partial charge in [0.2, 0.25) is 0 Å². The predicted octanol–water partition coefficient (Wildman–Crippen LogP) is -10.9. The maximum absolute atomic E-state index is 0. The summed E-state index contributed by atoms with van der Waals surface area (Å²) in [5, 5.41) is 0. The number of rotatable bonds is 0. The molecule has 0 bridgehead atoms. The van der Waals surface area contributed by atoms with Crippen LogP contribution in [0.5, 0.6) is 0 Å². The van der Waals surface area contributed by atoms with Gasteiger partial charge in [-0.05, 0) is 0 Å². The first-order valence-electron chi connectivity index (χ1n) is 0. The maximum atomic E-state index is 0. The van der Waals surface area contributed by atoms with E-state index in [0.29, 0.717) is 0 Å². The molecule has 32 valence electrons. The number of hydrogen-bond acceptors (Lipinski definition) is 0. The van der Waals surface area contributed by atoms with Crippen LogP contribution in [0.15, 0.2) is 0 Å². The van der Waals surface area contributed by atoms with Gasteiger partial charge in [-0.25, -0.2) is 0 Å². The first kappa shape index (κ1) is 66.5. The van der Waals surface area contributed by atoms with Gasteiger partial charge in [-0.2, -0.15) is 0 Å². The van der Waals surface area contributed by atoms with E-state index in [0.717, 1.165) is 0 Å². The van der Waals surface area contributed by atoms with Gasteiger partial charge in [0.25, 0.3) is 0 Å². The van der Waals surface area contributed by atoms with Gasteiger partial charge in [0.05, 0.1) is 0 Å². The Morgan fingerprint density at radius 2 is 0.375 bits per heavy atom. The van der Waals surface area contributed by atoms with Crippen molar-refractivity contribution in [3.63, 3.8) is 0 Å². The van der Waals surface area contributed by atoms with Crippen LogP contribution >= 0.6 is 0 Å². The smallest absolute Gasteiger partial charge is 2.00 e. The topological polar surface area (TPSA) is 0 Å². The molecule has 0 rings (SSSR count). The average molecular weight is 507 g/mol. The first-order chi connectivity index (χ1) is 0. The Balaban J connectivity index is 0. The van der Waals surface area contributed by atoms with Crippen molar-refractivity contribution >= 4 is 92.7 Å². The van der Waals surface area contributed by atoms with E-state index in [1.165, 1.54) is 0 Å². The van der Waals surface area contributed by atoms with Gasteiger partial charge in [-0.15, -0.1) is 0 Å². The van der Waals surface area contributed by atoms with Crippen LogP contribution in [0, 0.1) is 0 Å². The standard InChI is InChI=1S/3Na.Sb.4Se/q3*+1;+5;4*-2.